The first-order chi connectivity index (χ1) is 7.68. The molecule has 0 spiro atoms. The summed E-state index contributed by atoms with van der Waals surface area (Å²) in [4.78, 5) is 5.70. The highest BCUT2D eigenvalue weighted by Crippen LogP contribution is 2.23. The van der Waals surface area contributed by atoms with Gasteiger partial charge < -0.3 is 14.7 Å². The van der Waals surface area contributed by atoms with Gasteiger partial charge in [0, 0.05) is 24.8 Å². The Hall–Kier alpha value is -1.04. The first-order valence-electron chi connectivity index (χ1n) is 5.26. The first-order valence-corrected chi connectivity index (χ1v) is 5.26. The minimum absolute atomic E-state index is 0.246. The van der Waals surface area contributed by atoms with Crippen LogP contribution in [0.5, 0.6) is 0 Å². The molecule has 1 N–H and O–H groups in total. The average Bonchev–Trinajstić information content (AvgIpc) is 2.29. The number of rotatable bonds is 2. The quantitative estimate of drug-likeness (QED) is 0.801. The Bertz CT molecular complexity index is 362. The van der Waals surface area contributed by atoms with Crippen molar-refractivity contribution in [1.29, 1.82) is 0 Å². The van der Waals surface area contributed by atoms with E-state index in [1.54, 1.807) is 0 Å². The first kappa shape index (κ1) is 11.4. The lowest BCUT2D eigenvalue weighted by atomic mass is 10.0. The molecule has 0 aromatic carbocycles. The van der Waals surface area contributed by atoms with Crippen molar-refractivity contribution in [2.75, 3.05) is 26.7 Å². The molecule has 0 saturated carbocycles. The molecule has 2 rings (SSSR count). The molecule has 0 aliphatic carbocycles. The lowest BCUT2D eigenvalue weighted by Gasteiger charge is -2.33. The van der Waals surface area contributed by atoms with Gasteiger partial charge in [0.25, 0.3) is 0 Å². The van der Waals surface area contributed by atoms with Gasteiger partial charge in [0.2, 0.25) is 0 Å². The van der Waals surface area contributed by atoms with Gasteiger partial charge in [-0.15, -0.1) is 0 Å². The van der Waals surface area contributed by atoms with E-state index in [4.69, 9.17) is 4.74 Å². The van der Waals surface area contributed by atoms with Crippen molar-refractivity contribution in [3.05, 3.63) is 29.8 Å². The molecule has 0 radical (unpaired) electrons. The van der Waals surface area contributed by atoms with Gasteiger partial charge in [0.15, 0.2) is 0 Å². The molecular formula is C11H15FN2O2. The third-order valence-electron chi connectivity index (χ3n) is 2.77. The lowest BCUT2D eigenvalue weighted by molar-refractivity contribution is -0.0854. The predicted molar refractivity (Wildman–Crippen MR) is 56.4 cm³/mol. The Morgan fingerprint density at radius 3 is 3.19 bits per heavy atom. The fourth-order valence-corrected chi connectivity index (χ4v) is 1.83. The number of hydrogen-bond donors (Lipinski definition) is 1. The smallest absolute Gasteiger partial charge is 0.147 e. The molecule has 1 aliphatic rings. The van der Waals surface area contributed by atoms with Crippen molar-refractivity contribution in [3.63, 3.8) is 0 Å². The van der Waals surface area contributed by atoms with Crippen molar-refractivity contribution in [2.24, 2.45) is 0 Å². The summed E-state index contributed by atoms with van der Waals surface area (Å²) in [6.07, 6.45) is 1.25. The number of halogens is 1. The van der Waals surface area contributed by atoms with E-state index in [0.717, 1.165) is 12.7 Å². The van der Waals surface area contributed by atoms with Crippen LogP contribution in [0.4, 0.5) is 4.39 Å². The monoisotopic (exact) mass is 226 g/mol. The molecule has 2 heterocycles. The summed E-state index contributed by atoms with van der Waals surface area (Å²) in [5.74, 6) is -0.494. The van der Waals surface area contributed by atoms with E-state index >= 15 is 0 Å². The van der Waals surface area contributed by atoms with Crippen LogP contribution in [0.3, 0.4) is 0 Å². The number of ether oxygens (including phenoxy) is 1. The van der Waals surface area contributed by atoms with Gasteiger partial charge in [-0.25, -0.2) is 4.39 Å². The zero-order valence-electron chi connectivity index (χ0n) is 9.14. The van der Waals surface area contributed by atoms with E-state index < -0.39 is 11.9 Å². The van der Waals surface area contributed by atoms with Crippen LogP contribution in [0.1, 0.15) is 11.7 Å². The zero-order valence-corrected chi connectivity index (χ0v) is 9.14. The number of morpholine rings is 1. The van der Waals surface area contributed by atoms with Crippen molar-refractivity contribution < 1.29 is 14.2 Å². The topological polar surface area (TPSA) is 45.6 Å². The molecular weight excluding hydrogens is 211 g/mol. The summed E-state index contributed by atoms with van der Waals surface area (Å²) in [6, 6.07) is 1.48. The normalized spacial score (nSPS) is 24.3. The molecule has 2 unspecified atom stereocenters. The molecule has 1 fully saturated rings. The van der Waals surface area contributed by atoms with Crippen molar-refractivity contribution in [3.8, 4) is 0 Å². The van der Waals surface area contributed by atoms with Crippen LogP contribution in [0.15, 0.2) is 18.5 Å². The van der Waals surface area contributed by atoms with E-state index in [9.17, 15) is 9.50 Å². The fraction of sp³-hybridized carbons (Fsp3) is 0.545. The standard InChI is InChI=1S/C11H15FN2O2/c1-14-4-5-16-10(7-14)11(15)8-2-3-13-6-9(8)12/h2-3,6,10-11,15H,4-5,7H2,1H3. The molecule has 1 aliphatic heterocycles. The predicted octanol–water partition coefficient (Wildman–Crippen LogP) is 0.585. The number of aromatic nitrogens is 1. The molecule has 2 atom stereocenters. The van der Waals surface area contributed by atoms with Gasteiger partial charge in [0.1, 0.15) is 18.0 Å². The Balaban J connectivity index is 2.12. The number of hydrogen-bond acceptors (Lipinski definition) is 4. The van der Waals surface area contributed by atoms with Crippen molar-refractivity contribution in [1.82, 2.24) is 9.88 Å². The van der Waals surface area contributed by atoms with Gasteiger partial charge in [0.05, 0.1) is 12.8 Å². The average molecular weight is 226 g/mol. The summed E-state index contributed by atoms with van der Waals surface area (Å²) >= 11 is 0. The van der Waals surface area contributed by atoms with Crippen LogP contribution in [-0.4, -0.2) is 47.8 Å². The third-order valence-corrected chi connectivity index (χ3v) is 2.77. The molecule has 4 nitrogen and oxygen atoms in total. The van der Waals surface area contributed by atoms with E-state index in [-0.39, 0.29) is 11.7 Å². The number of aliphatic hydroxyl groups is 1. The number of likely N-dealkylation sites (N-methyl/N-ethyl adjacent to an activating group) is 1. The minimum Gasteiger partial charge on any atom is -0.386 e. The van der Waals surface area contributed by atoms with Gasteiger partial charge >= 0.3 is 0 Å². The molecule has 0 amide bonds. The number of aliphatic hydroxyl groups excluding tert-OH is 1. The molecule has 1 saturated heterocycles. The third kappa shape index (κ3) is 2.37. The van der Waals surface area contributed by atoms with E-state index in [0.29, 0.717) is 13.2 Å². The SMILES string of the molecule is CN1CCOC(C(O)c2ccncc2F)C1. The summed E-state index contributed by atoms with van der Waals surface area (Å²) in [7, 11) is 1.95. The lowest BCUT2D eigenvalue weighted by Crippen LogP contribution is -2.43. The van der Waals surface area contributed by atoms with Crippen LogP contribution in [0, 0.1) is 5.82 Å². The maximum Gasteiger partial charge on any atom is 0.147 e. The highest BCUT2D eigenvalue weighted by molar-refractivity contribution is 5.17. The van der Waals surface area contributed by atoms with Crippen molar-refractivity contribution >= 4 is 0 Å². The highest BCUT2D eigenvalue weighted by atomic mass is 19.1. The van der Waals surface area contributed by atoms with Gasteiger partial charge in [-0.3, -0.25) is 4.98 Å². The Morgan fingerprint density at radius 1 is 1.69 bits per heavy atom. The summed E-state index contributed by atoms with van der Waals surface area (Å²) in [6.45, 7) is 2.00. The molecule has 1 aromatic heterocycles. The van der Waals surface area contributed by atoms with Gasteiger partial charge in [-0.05, 0) is 13.1 Å². The number of pyridine rings is 1. The van der Waals surface area contributed by atoms with Crippen LogP contribution in [0.25, 0.3) is 0 Å². The maximum absolute atomic E-state index is 13.4. The summed E-state index contributed by atoms with van der Waals surface area (Å²) in [5.41, 5.74) is 0.246. The zero-order chi connectivity index (χ0) is 11.5. The number of nitrogens with zero attached hydrogens (tertiary/aromatic N) is 2. The second kappa shape index (κ2) is 4.86. The van der Waals surface area contributed by atoms with Crippen LogP contribution >= 0.6 is 0 Å². The van der Waals surface area contributed by atoms with Crippen molar-refractivity contribution in [2.45, 2.75) is 12.2 Å². The van der Waals surface area contributed by atoms with E-state index in [1.807, 2.05) is 7.05 Å². The summed E-state index contributed by atoms with van der Waals surface area (Å²) in [5, 5.41) is 10.0. The highest BCUT2D eigenvalue weighted by Gasteiger charge is 2.28. The van der Waals surface area contributed by atoms with Gasteiger partial charge in [-0.1, -0.05) is 0 Å². The van der Waals surface area contributed by atoms with Crippen LogP contribution < -0.4 is 0 Å². The molecule has 88 valence electrons. The Labute approximate surface area is 93.7 Å². The van der Waals surface area contributed by atoms with E-state index in [1.165, 1.54) is 12.3 Å². The minimum atomic E-state index is -0.939. The van der Waals surface area contributed by atoms with Gasteiger partial charge in [-0.2, -0.15) is 0 Å². The van der Waals surface area contributed by atoms with Crippen LogP contribution in [0.2, 0.25) is 0 Å². The summed E-state index contributed by atoms with van der Waals surface area (Å²) < 4.78 is 18.8. The van der Waals surface area contributed by atoms with Crippen LogP contribution in [-0.2, 0) is 4.74 Å². The maximum atomic E-state index is 13.4. The Morgan fingerprint density at radius 2 is 2.50 bits per heavy atom. The second-order valence-electron chi connectivity index (χ2n) is 4.01. The molecule has 1 aromatic rings. The largest absolute Gasteiger partial charge is 0.386 e. The molecule has 5 heteroatoms. The molecule has 16 heavy (non-hydrogen) atoms. The molecule has 0 bridgehead atoms. The van der Waals surface area contributed by atoms with E-state index in [2.05, 4.69) is 9.88 Å². The second-order valence-corrected chi connectivity index (χ2v) is 4.01. The fourth-order valence-electron chi connectivity index (χ4n) is 1.83. The Kier molecular flexibility index (Phi) is 3.48.